The Hall–Kier alpha value is -1.90. The van der Waals surface area contributed by atoms with Crippen LogP contribution in [-0.4, -0.2) is 9.97 Å². The molecule has 0 amide bonds. The SMILES string of the molecule is CCCc1cc(=O)[nH]c(-c2ccccc2CC)n1. The molecule has 0 aliphatic carbocycles. The van der Waals surface area contributed by atoms with Gasteiger partial charge in [0, 0.05) is 17.3 Å². The Labute approximate surface area is 107 Å². The van der Waals surface area contributed by atoms with Crippen LogP contribution in [0.15, 0.2) is 35.1 Å². The first-order valence-electron chi connectivity index (χ1n) is 6.43. The molecule has 0 unspecified atom stereocenters. The summed E-state index contributed by atoms with van der Waals surface area (Å²) in [4.78, 5) is 19.0. The number of aromatic nitrogens is 2. The maximum Gasteiger partial charge on any atom is 0.251 e. The van der Waals surface area contributed by atoms with Crippen molar-refractivity contribution in [1.29, 1.82) is 0 Å². The van der Waals surface area contributed by atoms with Gasteiger partial charge in [0.15, 0.2) is 0 Å². The standard InChI is InChI=1S/C15H18N2O/c1-3-7-12-10-14(18)17-15(16-12)13-9-6-5-8-11(13)4-2/h5-6,8-10H,3-4,7H2,1-2H3,(H,16,17,18). The van der Waals surface area contributed by atoms with Crippen LogP contribution in [0.4, 0.5) is 0 Å². The molecule has 0 aliphatic heterocycles. The van der Waals surface area contributed by atoms with Crippen LogP contribution in [0.3, 0.4) is 0 Å². The molecule has 0 saturated heterocycles. The molecule has 18 heavy (non-hydrogen) atoms. The summed E-state index contributed by atoms with van der Waals surface area (Å²) < 4.78 is 0. The Morgan fingerprint density at radius 2 is 2.00 bits per heavy atom. The molecule has 1 heterocycles. The smallest absolute Gasteiger partial charge is 0.251 e. The first-order valence-corrected chi connectivity index (χ1v) is 6.43. The maximum absolute atomic E-state index is 11.7. The molecule has 0 atom stereocenters. The fourth-order valence-electron chi connectivity index (χ4n) is 2.08. The van der Waals surface area contributed by atoms with Crippen LogP contribution in [0.25, 0.3) is 11.4 Å². The molecule has 3 nitrogen and oxygen atoms in total. The van der Waals surface area contributed by atoms with Crippen LogP contribution in [-0.2, 0) is 12.8 Å². The minimum absolute atomic E-state index is 0.0747. The fraction of sp³-hybridized carbons (Fsp3) is 0.333. The largest absolute Gasteiger partial charge is 0.307 e. The lowest BCUT2D eigenvalue weighted by atomic mass is 10.0. The van der Waals surface area contributed by atoms with E-state index >= 15 is 0 Å². The van der Waals surface area contributed by atoms with Gasteiger partial charge in [0.25, 0.3) is 5.56 Å². The average molecular weight is 242 g/mol. The van der Waals surface area contributed by atoms with E-state index in [-0.39, 0.29) is 5.56 Å². The van der Waals surface area contributed by atoms with Gasteiger partial charge in [0.2, 0.25) is 0 Å². The van der Waals surface area contributed by atoms with Crippen molar-refractivity contribution in [3.63, 3.8) is 0 Å². The van der Waals surface area contributed by atoms with Gasteiger partial charge in [0.05, 0.1) is 0 Å². The summed E-state index contributed by atoms with van der Waals surface area (Å²) in [5.41, 5.74) is 3.01. The van der Waals surface area contributed by atoms with E-state index in [1.54, 1.807) is 6.07 Å². The molecular formula is C15H18N2O. The van der Waals surface area contributed by atoms with Crippen molar-refractivity contribution in [2.45, 2.75) is 33.1 Å². The molecule has 2 aromatic rings. The van der Waals surface area contributed by atoms with Crippen LogP contribution in [0.2, 0.25) is 0 Å². The highest BCUT2D eigenvalue weighted by Crippen LogP contribution is 2.19. The van der Waals surface area contributed by atoms with Crippen LogP contribution < -0.4 is 5.56 Å². The third-order valence-electron chi connectivity index (χ3n) is 2.95. The first-order chi connectivity index (χ1) is 8.74. The van der Waals surface area contributed by atoms with Gasteiger partial charge in [-0.15, -0.1) is 0 Å². The summed E-state index contributed by atoms with van der Waals surface area (Å²) in [6.45, 7) is 4.19. The molecule has 0 radical (unpaired) electrons. The topological polar surface area (TPSA) is 45.8 Å². The molecule has 0 aliphatic rings. The Kier molecular flexibility index (Phi) is 3.92. The Bertz CT molecular complexity index is 587. The third-order valence-corrected chi connectivity index (χ3v) is 2.95. The van der Waals surface area contributed by atoms with Gasteiger partial charge in [-0.3, -0.25) is 4.79 Å². The van der Waals surface area contributed by atoms with Gasteiger partial charge in [-0.25, -0.2) is 4.98 Å². The highest BCUT2D eigenvalue weighted by atomic mass is 16.1. The summed E-state index contributed by atoms with van der Waals surface area (Å²) in [5.74, 6) is 0.684. The van der Waals surface area contributed by atoms with Crippen molar-refractivity contribution in [3.05, 3.63) is 51.9 Å². The zero-order valence-electron chi connectivity index (χ0n) is 10.9. The van der Waals surface area contributed by atoms with Gasteiger partial charge < -0.3 is 4.98 Å². The number of nitrogens with one attached hydrogen (secondary N) is 1. The number of rotatable bonds is 4. The van der Waals surface area contributed by atoms with Gasteiger partial charge in [-0.05, 0) is 18.4 Å². The van der Waals surface area contributed by atoms with Crippen molar-refractivity contribution in [3.8, 4) is 11.4 Å². The third kappa shape index (κ3) is 2.67. The summed E-state index contributed by atoms with van der Waals surface area (Å²) >= 11 is 0. The predicted octanol–water partition coefficient (Wildman–Crippen LogP) is 2.95. The Balaban J connectivity index is 2.53. The van der Waals surface area contributed by atoms with E-state index in [9.17, 15) is 4.79 Å². The molecule has 2 rings (SSSR count). The van der Waals surface area contributed by atoms with Crippen molar-refractivity contribution < 1.29 is 0 Å². The Morgan fingerprint density at radius 1 is 1.22 bits per heavy atom. The number of hydrogen-bond acceptors (Lipinski definition) is 2. The molecule has 94 valence electrons. The molecule has 0 fully saturated rings. The normalized spacial score (nSPS) is 10.6. The minimum atomic E-state index is -0.0747. The molecule has 0 bridgehead atoms. The predicted molar refractivity (Wildman–Crippen MR) is 73.7 cm³/mol. The van der Waals surface area contributed by atoms with Crippen molar-refractivity contribution in [2.24, 2.45) is 0 Å². The summed E-state index contributed by atoms with van der Waals surface area (Å²) in [6.07, 6.45) is 2.76. The molecule has 0 saturated carbocycles. The zero-order chi connectivity index (χ0) is 13.0. The van der Waals surface area contributed by atoms with Crippen molar-refractivity contribution in [1.82, 2.24) is 9.97 Å². The molecule has 1 N–H and O–H groups in total. The van der Waals surface area contributed by atoms with Crippen LogP contribution in [0, 0.1) is 0 Å². The van der Waals surface area contributed by atoms with E-state index in [0.29, 0.717) is 5.82 Å². The van der Waals surface area contributed by atoms with Crippen LogP contribution >= 0.6 is 0 Å². The van der Waals surface area contributed by atoms with Crippen LogP contribution in [0.1, 0.15) is 31.5 Å². The van der Waals surface area contributed by atoms with Gasteiger partial charge in [0.1, 0.15) is 5.82 Å². The first kappa shape index (κ1) is 12.6. The lowest BCUT2D eigenvalue weighted by Crippen LogP contribution is -2.11. The van der Waals surface area contributed by atoms with E-state index < -0.39 is 0 Å². The quantitative estimate of drug-likeness (QED) is 0.896. The van der Waals surface area contributed by atoms with Gasteiger partial charge in [-0.2, -0.15) is 0 Å². The molecule has 1 aromatic carbocycles. The van der Waals surface area contributed by atoms with Gasteiger partial charge in [-0.1, -0.05) is 44.5 Å². The summed E-state index contributed by atoms with van der Waals surface area (Å²) in [5, 5.41) is 0. The highest BCUT2D eigenvalue weighted by molar-refractivity contribution is 5.60. The fourth-order valence-corrected chi connectivity index (χ4v) is 2.08. The molecular weight excluding hydrogens is 224 g/mol. The summed E-state index contributed by atoms with van der Waals surface area (Å²) in [7, 11) is 0. The molecule has 1 aromatic heterocycles. The summed E-state index contributed by atoms with van der Waals surface area (Å²) in [6, 6.07) is 9.65. The second kappa shape index (κ2) is 5.63. The zero-order valence-corrected chi connectivity index (χ0v) is 10.9. The number of nitrogens with zero attached hydrogens (tertiary/aromatic N) is 1. The van der Waals surface area contributed by atoms with E-state index in [0.717, 1.165) is 30.5 Å². The van der Waals surface area contributed by atoms with E-state index in [4.69, 9.17) is 0 Å². The number of aryl methyl sites for hydroxylation is 2. The van der Waals surface area contributed by atoms with E-state index in [1.807, 2.05) is 18.2 Å². The van der Waals surface area contributed by atoms with Crippen molar-refractivity contribution in [2.75, 3.05) is 0 Å². The highest BCUT2D eigenvalue weighted by Gasteiger charge is 2.07. The van der Waals surface area contributed by atoms with Crippen molar-refractivity contribution >= 4 is 0 Å². The van der Waals surface area contributed by atoms with E-state index in [2.05, 4.69) is 29.9 Å². The van der Waals surface area contributed by atoms with E-state index in [1.165, 1.54) is 5.56 Å². The lowest BCUT2D eigenvalue weighted by Gasteiger charge is -2.08. The number of hydrogen-bond donors (Lipinski definition) is 1. The number of benzene rings is 1. The van der Waals surface area contributed by atoms with Crippen LogP contribution in [0.5, 0.6) is 0 Å². The number of H-pyrrole nitrogens is 1. The average Bonchev–Trinajstić information content (AvgIpc) is 2.38. The number of aromatic amines is 1. The molecule has 0 spiro atoms. The second-order valence-corrected chi connectivity index (χ2v) is 4.35. The van der Waals surface area contributed by atoms with Gasteiger partial charge >= 0.3 is 0 Å². The minimum Gasteiger partial charge on any atom is -0.307 e. The molecule has 3 heteroatoms. The Morgan fingerprint density at radius 3 is 2.72 bits per heavy atom. The second-order valence-electron chi connectivity index (χ2n) is 4.35. The monoisotopic (exact) mass is 242 g/mol. The maximum atomic E-state index is 11.7. The lowest BCUT2D eigenvalue weighted by molar-refractivity contribution is 0.869.